The first-order valence-corrected chi connectivity index (χ1v) is 20.3. The minimum atomic E-state index is 0.627. The van der Waals surface area contributed by atoms with Crippen LogP contribution < -0.4 is 0 Å². The molecule has 0 atom stereocenters. The van der Waals surface area contributed by atoms with Crippen LogP contribution in [0.3, 0.4) is 0 Å². The second-order valence-electron chi connectivity index (χ2n) is 15.2. The van der Waals surface area contributed by atoms with Gasteiger partial charge in [0, 0.05) is 16.7 Å². The van der Waals surface area contributed by atoms with Gasteiger partial charge in [-0.3, -0.25) is 0 Å². The molecule has 0 saturated carbocycles. The number of benzene rings is 10. The fourth-order valence-electron chi connectivity index (χ4n) is 8.43. The van der Waals surface area contributed by atoms with Gasteiger partial charge in [-0.1, -0.05) is 194 Å². The van der Waals surface area contributed by atoms with Crippen LogP contribution in [0.5, 0.6) is 0 Å². The van der Waals surface area contributed by atoms with Crippen LogP contribution in [0.2, 0.25) is 0 Å². The normalized spacial score (nSPS) is 11.3. The maximum atomic E-state index is 5.20. The van der Waals surface area contributed by atoms with E-state index in [-0.39, 0.29) is 0 Å². The Kier molecular flexibility index (Phi) is 8.83. The summed E-state index contributed by atoms with van der Waals surface area (Å²) in [7, 11) is 0. The highest BCUT2D eigenvalue weighted by Gasteiger charge is 2.16. The lowest BCUT2D eigenvalue weighted by atomic mass is 9.94. The van der Waals surface area contributed by atoms with E-state index in [9.17, 15) is 0 Å². The average Bonchev–Trinajstić information content (AvgIpc) is 3.33. The molecule has 0 fully saturated rings. The van der Waals surface area contributed by atoms with Gasteiger partial charge in [0.15, 0.2) is 17.5 Å². The second-order valence-corrected chi connectivity index (χ2v) is 15.2. The first-order chi connectivity index (χ1) is 29.7. The Balaban J connectivity index is 0.994. The molecule has 0 saturated heterocycles. The molecule has 10 aromatic carbocycles. The van der Waals surface area contributed by atoms with Crippen molar-refractivity contribution in [1.29, 1.82) is 0 Å². The Hall–Kier alpha value is -8.01. The van der Waals surface area contributed by atoms with E-state index in [4.69, 9.17) is 15.0 Å². The molecule has 1 heterocycles. The molecule has 1 aromatic heterocycles. The van der Waals surface area contributed by atoms with E-state index in [0.29, 0.717) is 17.5 Å². The SMILES string of the molecule is c1ccc(-c2cccc(-c3cccc(-c4nc(-c5cccc(-c6ccc7cc(-c8cccc9ccccc89)ccc7c6)c5)nc(-c5cccc6ccccc56)n4)c3)c2)cc1. The van der Waals surface area contributed by atoms with Crippen molar-refractivity contribution < 1.29 is 0 Å². The molecule has 3 heteroatoms. The zero-order chi connectivity index (χ0) is 39.8. The van der Waals surface area contributed by atoms with Crippen LogP contribution in [0.15, 0.2) is 224 Å². The minimum absolute atomic E-state index is 0.627. The maximum absolute atomic E-state index is 5.20. The van der Waals surface area contributed by atoms with E-state index < -0.39 is 0 Å². The highest BCUT2D eigenvalue weighted by atomic mass is 15.0. The topological polar surface area (TPSA) is 38.7 Å². The summed E-state index contributed by atoms with van der Waals surface area (Å²) < 4.78 is 0. The molecule has 11 aromatic rings. The van der Waals surface area contributed by atoms with Crippen molar-refractivity contribution in [3.05, 3.63) is 224 Å². The van der Waals surface area contributed by atoms with Gasteiger partial charge in [-0.2, -0.15) is 0 Å². The van der Waals surface area contributed by atoms with Crippen molar-refractivity contribution in [2.45, 2.75) is 0 Å². The van der Waals surface area contributed by atoms with Crippen molar-refractivity contribution in [2.24, 2.45) is 0 Å². The van der Waals surface area contributed by atoms with Crippen LogP contribution in [0.25, 0.3) is 111 Å². The van der Waals surface area contributed by atoms with Crippen molar-refractivity contribution >= 4 is 32.3 Å². The molecule has 0 amide bonds. The lowest BCUT2D eigenvalue weighted by molar-refractivity contribution is 1.08. The molecule has 0 aliphatic rings. The summed E-state index contributed by atoms with van der Waals surface area (Å²) in [6, 6.07) is 79.6. The van der Waals surface area contributed by atoms with Crippen molar-refractivity contribution in [3.8, 4) is 78.7 Å². The zero-order valence-corrected chi connectivity index (χ0v) is 32.7. The monoisotopic (exact) mass is 763 g/mol. The van der Waals surface area contributed by atoms with Crippen LogP contribution in [-0.4, -0.2) is 15.0 Å². The van der Waals surface area contributed by atoms with E-state index in [1.54, 1.807) is 0 Å². The molecule has 0 bridgehead atoms. The zero-order valence-electron chi connectivity index (χ0n) is 32.7. The Bertz CT molecular complexity index is 3380. The fraction of sp³-hybridized carbons (Fsp3) is 0. The van der Waals surface area contributed by atoms with E-state index >= 15 is 0 Å². The summed E-state index contributed by atoms with van der Waals surface area (Å²) in [6.07, 6.45) is 0. The number of nitrogens with zero attached hydrogens (tertiary/aromatic N) is 3. The van der Waals surface area contributed by atoms with Crippen molar-refractivity contribution in [1.82, 2.24) is 15.0 Å². The molecule has 0 unspecified atom stereocenters. The lowest BCUT2D eigenvalue weighted by Gasteiger charge is -2.12. The van der Waals surface area contributed by atoms with E-state index in [0.717, 1.165) is 49.7 Å². The van der Waals surface area contributed by atoms with E-state index in [2.05, 4.69) is 224 Å². The molecule has 11 rings (SSSR count). The summed E-state index contributed by atoms with van der Waals surface area (Å²) in [6.45, 7) is 0. The predicted molar refractivity (Wildman–Crippen MR) is 250 cm³/mol. The molecule has 0 spiro atoms. The molecule has 0 radical (unpaired) electrons. The largest absolute Gasteiger partial charge is 0.208 e. The van der Waals surface area contributed by atoms with E-state index in [1.165, 1.54) is 43.8 Å². The van der Waals surface area contributed by atoms with Crippen LogP contribution in [0.4, 0.5) is 0 Å². The molecular formula is C57H37N3. The first kappa shape index (κ1) is 35.2. The Labute approximate surface area is 349 Å². The number of rotatable bonds is 7. The molecule has 3 nitrogen and oxygen atoms in total. The van der Waals surface area contributed by atoms with Gasteiger partial charge in [-0.25, -0.2) is 15.0 Å². The minimum Gasteiger partial charge on any atom is -0.208 e. The van der Waals surface area contributed by atoms with Crippen LogP contribution in [-0.2, 0) is 0 Å². The van der Waals surface area contributed by atoms with Crippen LogP contribution in [0, 0.1) is 0 Å². The summed E-state index contributed by atoms with van der Waals surface area (Å²) >= 11 is 0. The van der Waals surface area contributed by atoms with Gasteiger partial charge in [-0.15, -0.1) is 0 Å². The Morgan fingerprint density at radius 1 is 0.200 bits per heavy atom. The third-order valence-electron chi connectivity index (χ3n) is 11.5. The molecule has 0 N–H and O–H groups in total. The molecule has 0 aliphatic heterocycles. The van der Waals surface area contributed by atoms with Crippen LogP contribution >= 0.6 is 0 Å². The lowest BCUT2D eigenvalue weighted by Crippen LogP contribution is -2.01. The number of aromatic nitrogens is 3. The predicted octanol–water partition coefficient (Wildman–Crippen LogP) is 15.0. The third-order valence-corrected chi connectivity index (χ3v) is 11.5. The third kappa shape index (κ3) is 6.68. The maximum Gasteiger partial charge on any atom is 0.164 e. The first-order valence-electron chi connectivity index (χ1n) is 20.3. The summed E-state index contributed by atoms with van der Waals surface area (Å²) in [5.41, 5.74) is 12.1. The molecule has 0 aliphatic carbocycles. The smallest absolute Gasteiger partial charge is 0.164 e. The Morgan fingerprint density at radius 2 is 0.583 bits per heavy atom. The quantitative estimate of drug-likeness (QED) is 0.162. The summed E-state index contributed by atoms with van der Waals surface area (Å²) in [5.74, 6) is 1.89. The van der Waals surface area contributed by atoms with Crippen LogP contribution in [0.1, 0.15) is 0 Å². The van der Waals surface area contributed by atoms with Gasteiger partial charge < -0.3 is 0 Å². The summed E-state index contributed by atoms with van der Waals surface area (Å²) in [5, 5.41) is 7.15. The average molecular weight is 764 g/mol. The second kappa shape index (κ2) is 15.1. The molecule has 280 valence electrons. The van der Waals surface area contributed by atoms with Gasteiger partial charge in [0.25, 0.3) is 0 Å². The van der Waals surface area contributed by atoms with Gasteiger partial charge in [0.2, 0.25) is 0 Å². The number of hydrogen-bond donors (Lipinski definition) is 0. The highest BCUT2D eigenvalue weighted by Crippen LogP contribution is 2.36. The van der Waals surface area contributed by atoms with Gasteiger partial charge in [-0.05, 0) is 107 Å². The van der Waals surface area contributed by atoms with Crippen molar-refractivity contribution in [3.63, 3.8) is 0 Å². The number of hydrogen-bond acceptors (Lipinski definition) is 3. The molecular weight excluding hydrogens is 727 g/mol. The fourth-order valence-corrected chi connectivity index (χ4v) is 8.43. The van der Waals surface area contributed by atoms with Gasteiger partial charge >= 0.3 is 0 Å². The summed E-state index contributed by atoms with van der Waals surface area (Å²) in [4.78, 5) is 15.6. The van der Waals surface area contributed by atoms with Gasteiger partial charge in [0.1, 0.15) is 0 Å². The number of fused-ring (bicyclic) bond motifs is 3. The molecule has 60 heavy (non-hydrogen) atoms. The Morgan fingerprint density at radius 3 is 1.20 bits per heavy atom. The van der Waals surface area contributed by atoms with Gasteiger partial charge in [0.05, 0.1) is 0 Å². The standard InChI is InChI=1S/C57H37N3/c1-2-13-38(14-3-1)41-19-8-20-42(33-41)43-21-9-23-49(36-43)55-58-56(60-57(59-55)54-28-12-18-40-16-5-7-26-52(40)54)50-24-10-22-44(37-50)45-29-30-47-35-48(32-31-46(47)34-45)53-27-11-17-39-15-4-6-25-51(39)53/h1-37H. The highest BCUT2D eigenvalue weighted by molar-refractivity contribution is 6.00. The van der Waals surface area contributed by atoms with Crippen molar-refractivity contribution in [2.75, 3.05) is 0 Å². The van der Waals surface area contributed by atoms with E-state index in [1.807, 2.05) is 0 Å².